The van der Waals surface area contributed by atoms with Crippen LogP contribution in [0.4, 0.5) is 0 Å². The molecule has 0 aromatic carbocycles. The summed E-state index contributed by atoms with van der Waals surface area (Å²) < 4.78 is 5.65. The molecule has 1 aliphatic heterocycles. The van der Waals surface area contributed by atoms with Crippen LogP contribution >= 0.6 is 11.8 Å². The molecule has 124 valence electrons. The van der Waals surface area contributed by atoms with Crippen molar-refractivity contribution in [2.75, 3.05) is 37.8 Å². The van der Waals surface area contributed by atoms with E-state index >= 15 is 0 Å². The van der Waals surface area contributed by atoms with Gasteiger partial charge in [0.25, 0.3) is 0 Å². The molecule has 3 nitrogen and oxygen atoms in total. The van der Waals surface area contributed by atoms with Crippen LogP contribution in [0.25, 0.3) is 0 Å². The topological polar surface area (TPSA) is 29.5 Å². The van der Waals surface area contributed by atoms with E-state index in [2.05, 4.69) is 11.8 Å². The second-order valence-electron chi connectivity index (χ2n) is 5.83. The number of thioether (sulfide) groups is 1. The highest BCUT2D eigenvalue weighted by Gasteiger charge is 2.15. The van der Waals surface area contributed by atoms with Crippen molar-refractivity contribution < 1.29 is 9.53 Å². The minimum atomic E-state index is 0.368. The third-order valence-corrected chi connectivity index (χ3v) is 4.94. The van der Waals surface area contributed by atoms with E-state index in [1.807, 2.05) is 11.8 Å². The lowest BCUT2D eigenvalue weighted by Gasteiger charge is -2.20. The predicted molar refractivity (Wildman–Crippen MR) is 92.0 cm³/mol. The lowest BCUT2D eigenvalue weighted by molar-refractivity contribution is -0.130. The number of rotatable bonds is 12. The lowest BCUT2D eigenvalue weighted by Crippen LogP contribution is -2.31. The molecule has 1 fully saturated rings. The van der Waals surface area contributed by atoms with Crippen LogP contribution in [0.5, 0.6) is 0 Å². The van der Waals surface area contributed by atoms with Gasteiger partial charge in [0.15, 0.2) is 0 Å². The Morgan fingerprint density at radius 2 is 1.95 bits per heavy atom. The second kappa shape index (κ2) is 13.4. The van der Waals surface area contributed by atoms with Crippen LogP contribution in [-0.4, -0.2) is 48.6 Å². The van der Waals surface area contributed by atoms with Crippen LogP contribution in [-0.2, 0) is 9.53 Å². The second-order valence-corrected chi connectivity index (χ2v) is 7.06. The van der Waals surface area contributed by atoms with Gasteiger partial charge in [-0.1, -0.05) is 19.8 Å². The average molecular weight is 316 g/mol. The summed E-state index contributed by atoms with van der Waals surface area (Å²) >= 11 is 2.00. The van der Waals surface area contributed by atoms with E-state index in [4.69, 9.17) is 4.74 Å². The van der Waals surface area contributed by atoms with E-state index in [-0.39, 0.29) is 0 Å². The van der Waals surface area contributed by atoms with Crippen molar-refractivity contribution in [2.24, 2.45) is 0 Å². The van der Waals surface area contributed by atoms with Crippen molar-refractivity contribution >= 4 is 17.7 Å². The van der Waals surface area contributed by atoms with Gasteiger partial charge in [0, 0.05) is 31.9 Å². The van der Waals surface area contributed by atoms with Crippen LogP contribution in [0.3, 0.4) is 0 Å². The van der Waals surface area contributed by atoms with Gasteiger partial charge in [-0.25, -0.2) is 0 Å². The number of likely N-dealkylation sites (tertiary alicyclic amines) is 1. The Morgan fingerprint density at radius 1 is 1.05 bits per heavy atom. The molecule has 0 aliphatic carbocycles. The maximum atomic E-state index is 11.8. The van der Waals surface area contributed by atoms with Crippen molar-refractivity contribution in [3.05, 3.63) is 0 Å². The fraction of sp³-hybridized carbons (Fsp3) is 0.941. The first-order chi connectivity index (χ1) is 10.3. The Balaban J connectivity index is 1.84. The molecule has 0 unspecified atom stereocenters. The summed E-state index contributed by atoms with van der Waals surface area (Å²) in [7, 11) is 0. The van der Waals surface area contributed by atoms with Gasteiger partial charge in [0.1, 0.15) is 0 Å². The van der Waals surface area contributed by atoms with Crippen molar-refractivity contribution in [1.82, 2.24) is 4.90 Å². The standard InChI is InChI=1S/C17H33NO2S/c1-2-3-15-21-16-14-20-13-9-5-8-12-18-11-7-4-6-10-17(18)19/h2-16H2,1H3. The van der Waals surface area contributed by atoms with Crippen molar-refractivity contribution in [3.8, 4) is 0 Å². The molecule has 21 heavy (non-hydrogen) atoms. The summed E-state index contributed by atoms with van der Waals surface area (Å²) in [6, 6.07) is 0. The highest BCUT2D eigenvalue weighted by atomic mass is 32.2. The first-order valence-electron chi connectivity index (χ1n) is 8.78. The van der Waals surface area contributed by atoms with E-state index in [0.717, 1.165) is 57.7 Å². The number of unbranched alkanes of at least 4 members (excludes halogenated alkanes) is 3. The summed E-state index contributed by atoms with van der Waals surface area (Å²) in [6.45, 7) is 5.92. The Labute approximate surface area is 135 Å². The van der Waals surface area contributed by atoms with Gasteiger partial charge in [0.05, 0.1) is 6.61 Å². The van der Waals surface area contributed by atoms with E-state index in [9.17, 15) is 4.79 Å². The molecular formula is C17H33NO2S. The lowest BCUT2D eigenvalue weighted by atomic mass is 10.2. The highest BCUT2D eigenvalue weighted by molar-refractivity contribution is 7.99. The quantitative estimate of drug-likeness (QED) is 0.508. The number of amides is 1. The molecule has 1 saturated heterocycles. The van der Waals surface area contributed by atoms with Gasteiger partial charge in [0.2, 0.25) is 5.91 Å². The zero-order chi connectivity index (χ0) is 15.2. The number of carbonyl (C=O) groups is 1. The molecule has 0 N–H and O–H groups in total. The maximum Gasteiger partial charge on any atom is 0.222 e. The Hall–Kier alpha value is -0.220. The Bertz CT molecular complexity index is 261. The summed E-state index contributed by atoms with van der Waals surface area (Å²) in [4.78, 5) is 13.9. The zero-order valence-corrected chi connectivity index (χ0v) is 14.6. The van der Waals surface area contributed by atoms with Crippen LogP contribution in [0.15, 0.2) is 0 Å². The number of carbonyl (C=O) groups excluding carboxylic acids is 1. The van der Waals surface area contributed by atoms with Crippen LogP contribution in [0.1, 0.15) is 64.7 Å². The third kappa shape index (κ3) is 10.2. The molecule has 1 heterocycles. The first-order valence-corrected chi connectivity index (χ1v) is 9.93. The molecule has 0 saturated carbocycles. The minimum absolute atomic E-state index is 0.368. The van der Waals surface area contributed by atoms with E-state index in [1.54, 1.807) is 0 Å². The Kier molecular flexibility index (Phi) is 12.1. The molecule has 1 aliphatic rings. The normalized spacial score (nSPS) is 16.2. The largest absolute Gasteiger partial charge is 0.381 e. The maximum absolute atomic E-state index is 11.8. The molecule has 0 aromatic heterocycles. The summed E-state index contributed by atoms with van der Waals surface area (Å²) in [6.07, 6.45) is 10.3. The van der Waals surface area contributed by atoms with Gasteiger partial charge in [-0.15, -0.1) is 0 Å². The number of ether oxygens (including phenoxy) is 1. The molecule has 0 aromatic rings. The van der Waals surface area contributed by atoms with E-state index < -0.39 is 0 Å². The van der Waals surface area contributed by atoms with E-state index in [0.29, 0.717) is 5.91 Å². The van der Waals surface area contributed by atoms with Crippen molar-refractivity contribution in [1.29, 1.82) is 0 Å². The van der Waals surface area contributed by atoms with Gasteiger partial charge in [-0.05, 0) is 44.3 Å². The third-order valence-electron chi connectivity index (χ3n) is 3.90. The predicted octanol–water partition coefficient (Wildman–Crippen LogP) is 4.11. The van der Waals surface area contributed by atoms with Crippen molar-refractivity contribution in [3.63, 3.8) is 0 Å². The first kappa shape index (κ1) is 18.8. The van der Waals surface area contributed by atoms with Gasteiger partial charge in [-0.2, -0.15) is 11.8 Å². The molecule has 0 bridgehead atoms. The summed E-state index contributed by atoms with van der Waals surface area (Å²) in [5.41, 5.74) is 0. The highest BCUT2D eigenvalue weighted by Crippen LogP contribution is 2.12. The Morgan fingerprint density at radius 3 is 2.81 bits per heavy atom. The van der Waals surface area contributed by atoms with Crippen LogP contribution < -0.4 is 0 Å². The van der Waals surface area contributed by atoms with Crippen molar-refractivity contribution in [2.45, 2.75) is 64.7 Å². The van der Waals surface area contributed by atoms with Gasteiger partial charge in [-0.3, -0.25) is 4.79 Å². The number of hydrogen-bond donors (Lipinski definition) is 0. The molecule has 1 amide bonds. The number of nitrogens with zero attached hydrogens (tertiary/aromatic N) is 1. The molecule has 0 spiro atoms. The fourth-order valence-corrected chi connectivity index (χ4v) is 3.46. The summed E-state index contributed by atoms with van der Waals surface area (Å²) in [5.74, 6) is 2.76. The van der Waals surface area contributed by atoms with Crippen LogP contribution in [0, 0.1) is 0 Å². The fourth-order valence-electron chi connectivity index (χ4n) is 2.53. The van der Waals surface area contributed by atoms with Gasteiger partial charge >= 0.3 is 0 Å². The van der Waals surface area contributed by atoms with E-state index in [1.165, 1.54) is 37.9 Å². The molecule has 0 atom stereocenters. The molecular weight excluding hydrogens is 282 g/mol. The molecule has 4 heteroatoms. The number of hydrogen-bond acceptors (Lipinski definition) is 3. The summed E-state index contributed by atoms with van der Waals surface area (Å²) in [5, 5.41) is 0. The SMILES string of the molecule is CCCCSCCOCCCCCN1CCCCCC1=O. The molecule has 1 rings (SSSR count). The van der Waals surface area contributed by atoms with Crippen LogP contribution in [0.2, 0.25) is 0 Å². The minimum Gasteiger partial charge on any atom is -0.381 e. The average Bonchev–Trinajstić information content (AvgIpc) is 2.69. The smallest absolute Gasteiger partial charge is 0.222 e. The zero-order valence-electron chi connectivity index (χ0n) is 13.8. The molecule has 0 radical (unpaired) electrons. The monoisotopic (exact) mass is 315 g/mol. The van der Waals surface area contributed by atoms with Gasteiger partial charge < -0.3 is 9.64 Å².